The number of hydrogen-bond donors (Lipinski definition) is 3. The third kappa shape index (κ3) is 7.63. The topological polar surface area (TPSA) is 52.5 Å². The fraction of sp³-hybridized carbons (Fsp3) is 0.529. The standard InChI is InChI=1S/C17H27NO2.ClH/c1-14(2)8-7-11-17(3,20)16(13-19)18-12-15-9-5-4-6-10-15;/h4-6,8-10,16,18-20H,7,11-13H2,1-3H3;1H/t16-,17+;/m0./s1. The van der Waals surface area contributed by atoms with Crippen LogP contribution in [0.3, 0.4) is 0 Å². The van der Waals surface area contributed by atoms with Gasteiger partial charge >= 0.3 is 0 Å². The molecule has 1 rings (SSSR count). The molecule has 0 aliphatic carbocycles. The molecule has 0 spiro atoms. The molecule has 1 aromatic carbocycles. The van der Waals surface area contributed by atoms with Crippen molar-refractivity contribution in [3.63, 3.8) is 0 Å². The molecule has 0 heterocycles. The largest absolute Gasteiger partial charge is 0.395 e. The number of allylic oxidation sites excluding steroid dienone is 2. The van der Waals surface area contributed by atoms with Gasteiger partial charge in [-0.3, -0.25) is 0 Å². The molecule has 0 aromatic heterocycles. The second kappa shape index (κ2) is 9.96. The van der Waals surface area contributed by atoms with Crippen LogP contribution in [0, 0.1) is 0 Å². The zero-order chi connectivity index (χ0) is 15.0. The molecule has 0 aliphatic rings. The van der Waals surface area contributed by atoms with Crippen LogP contribution in [0.2, 0.25) is 0 Å². The van der Waals surface area contributed by atoms with Crippen molar-refractivity contribution in [2.75, 3.05) is 6.61 Å². The quantitative estimate of drug-likeness (QED) is 0.647. The molecule has 21 heavy (non-hydrogen) atoms. The molecule has 0 saturated heterocycles. The Hall–Kier alpha value is -0.870. The third-order valence-corrected chi connectivity index (χ3v) is 3.53. The van der Waals surface area contributed by atoms with Crippen LogP contribution >= 0.6 is 12.4 Å². The second-order valence-electron chi connectivity index (χ2n) is 5.78. The molecule has 4 heteroatoms. The van der Waals surface area contributed by atoms with Crippen molar-refractivity contribution in [2.24, 2.45) is 0 Å². The van der Waals surface area contributed by atoms with Crippen LogP contribution < -0.4 is 5.32 Å². The Morgan fingerprint density at radius 1 is 1.29 bits per heavy atom. The minimum absolute atomic E-state index is 0. The van der Waals surface area contributed by atoms with E-state index in [0.717, 1.165) is 12.0 Å². The monoisotopic (exact) mass is 313 g/mol. The van der Waals surface area contributed by atoms with Gasteiger partial charge in [0, 0.05) is 6.54 Å². The Morgan fingerprint density at radius 2 is 1.90 bits per heavy atom. The van der Waals surface area contributed by atoms with Crippen molar-refractivity contribution in [1.82, 2.24) is 5.32 Å². The molecule has 0 fully saturated rings. The van der Waals surface area contributed by atoms with Gasteiger partial charge < -0.3 is 15.5 Å². The summed E-state index contributed by atoms with van der Waals surface area (Å²) in [6, 6.07) is 9.67. The molecule has 3 N–H and O–H groups in total. The Balaban J connectivity index is 0.00000400. The van der Waals surface area contributed by atoms with Crippen molar-refractivity contribution >= 4 is 12.4 Å². The number of hydrogen-bond acceptors (Lipinski definition) is 3. The average molecular weight is 314 g/mol. The third-order valence-electron chi connectivity index (χ3n) is 3.53. The van der Waals surface area contributed by atoms with E-state index in [1.54, 1.807) is 6.92 Å². The van der Waals surface area contributed by atoms with E-state index in [0.29, 0.717) is 13.0 Å². The highest BCUT2D eigenvalue weighted by atomic mass is 35.5. The van der Waals surface area contributed by atoms with Crippen molar-refractivity contribution in [2.45, 2.75) is 51.8 Å². The smallest absolute Gasteiger partial charge is 0.0797 e. The number of rotatable bonds is 8. The Bertz CT molecular complexity index is 414. The summed E-state index contributed by atoms with van der Waals surface area (Å²) in [7, 11) is 0. The average Bonchev–Trinajstić information content (AvgIpc) is 2.39. The molecular weight excluding hydrogens is 286 g/mol. The zero-order valence-corrected chi connectivity index (χ0v) is 14.0. The first-order valence-corrected chi connectivity index (χ1v) is 7.19. The number of aliphatic hydroxyl groups is 2. The molecule has 0 bridgehead atoms. The molecule has 0 amide bonds. The Kier molecular flexibility index (Phi) is 9.54. The summed E-state index contributed by atoms with van der Waals surface area (Å²) in [5.74, 6) is 0. The second-order valence-corrected chi connectivity index (χ2v) is 5.78. The first kappa shape index (κ1) is 20.1. The molecule has 3 nitrogen and oxygen atoms in total. The van der Waals surface area contributed by atoms with Gasteiger partial charge in [-0.1, -0.05) is 42.0 Å². The lowest BCUT2D eigenvalue weighted by atomic mass is 9.91. The molecule has 0 aliphatic heterocycles. The van der Waals surface area contributed by atoms with E-state index in [4.69, 9.17) is 0 Å². The normalized spacial score (nSPS) is 14.7. The number of nitrogens with one attached hydrogen (secondary N) is 1. The van der Waals surface area contributed by atoms with Gasteiger partial charge in [-0.25, -0.2) is 0 Å². The molecule has 1 aromatic rings. The van der Waals surface area contributed by atoms with Crippen LogP contribution in [0.5, 0.6) is 0 Å². The van der Waals surface area contributed by atoms with E-state index in [2.05, 4.69) is 11.4 Å². The van der Waals surface area contributed by atoms with Crippen LogP contribution in [0.1, 0.15) is 39.2 Å². The minimum Gasteiger partial charge on any atom is -0.395 e. The van der Waals surface area contributed by atoms with Crippen LogP contribution in [-0.2, 0) is 6.54 Å². The number of halogens is 1. The highest BCUT2D eigenvalue weighted by Crippen LogP contribution is 2.18. The van der Waals surface area contributed by atoms with Gasteiger partial charge in [-0.2, -0.15) is 0 Å². The van der Waals surface area contributed by atoms with E-state index in [1.165, 1.54) is 5.57 Å². The summed E-state index contributed by atoms with van der Waals surface area (Å²) in [6.07, 6.45) is 3.56. The molecule has 0 radical (unpaired) electrons. The summed E-state index contributed by atoms with van der Waals surface area (Å²) in [6.45, 7) is 6.45. The maximum atomic E-state index is 10.5. The fourth-order valence-electron chi connectivity index (χ4n) is 2.15. The summed E-state index contributed by atoms with van der Waals surface area (Å²) in [5, 5.41) is 23.3. The lowest BCUT2D eigenvalue weighted by Crippen LogP contribution is -2.50. The van der Waals surface area contributed by atoms with Crippen LogP contribution in [-0.4, -0.2) is 28.5 Å². The molecule has 0 unspecified atom stereocenters. The van der Waals surface area contributed by atoms with Gasteiger partial charge in [0.25, 0.3) is 0 Å². The molecule has 2 atom stereocenters. The highest BCUT2D eigenvalue weighted by Gasteiger charge is 2.30. The summed E-state index contributed by atoms with van der Waals surface area (Å²) >= 11 is 0. The van der Waals surface area contributed by atoms with Crippen LogP contribution in [0.4, 0.5) is 0 Å². The van der Waals surface area contributed by atoms with E-state index in [-0.39, 0.29) is 25.1 Å². The minimum atomic E-state index is -0.921. The molecule has 120 valence electrons. The maximum Gasteiger partial charge on any atom is 0.0797 e. The summed E-state index contributed by atoms with van der Waals surface area (Å²) in [5.41, 5.74) is 1.47. The molecular formula is C17H28ClNO2. The van der Waals surface area contributed by atoms with Gasteiger partial charge in [-0.05, 0) is 39.2 Å². The van der Waals surface area contributed by atoms with Gasteiger partial charge in [0.05, 0.1) is 18.2 Å². The van der Waals surface area contributed by atoms with Crippen molar-refractivity contribution in [3.05, 3.63) is 47.5 Å². The maximum absolute atomic E-state index is 10.5. The van der Waals surface area contributed by atoms with Crippen LogP contribution in [0.25, 0.3) is 0 Å². The number of aliphatic hydroxyl groups excluding tert-OH is 1. The van der Waals surface area contributed by atoms with Crippen molar-refractivity contribution < 1.29 is 10.2 Å². The molecule has 0 saturated carbocycles. The van der Waals surface area contributed by atoms with E-state index in [9.17, 15) is 10.2 Å². The lowest BCUT2D eigenvalue weighted by molar-refractivity contribution is -0.00830. The first-order valence-electron chi connectivity index (χ1n) is 7.19. The highest BCUT2D eigenvalue weighted by molar-refractivity contribution is 5.85. The predicted molar refractivity (Wildman–Crippen MR) is 90.7 cm³/mol. The van der Waals surface area contributed by atoms with Crippen molar-refractivity contribution in [3.8, 4) is 0 Å². The summed E-state index contributed by atoms with van der Waals surface area (Å²) < 4.78 is 0. The fourth-order valence-corrected chi connectivity index (χ4v) is 2.15. The number of benzene rings is 1. The summed E-state index contributed by atoms with van der Waals surface area (Å²) in [4.78, 5) is 0. The van der Waals surface area contributed by atoms with Gasteiger partial charge in [-0.15, -0.1) is 12.4 Å². The first-order chi connectivity index (χ1) is 9.45. The van der Waals surface area contributed by atoms with Crippen molar-refractivity contribution in [1.29, 1.82) is 0 Å². The Morgan fingerprint density at radius 3 is 2.43 bits per heavy atom. The van der Waals surface area contributed by atoms with Gasteiger partial charge in [0.2, 0.25) is 0 Å². The lowest BCUT2D eigenvalue weighted by Gasteiger charge is -2.32. The van der Waals surface area contributed by atoms with E-state index in [1.807, 2.05) is 44.2 Å². The SMILES string of the molecule is CC(C)=CCC[C@@](C)(O)[C@H](CO)NCc1ccccc1.Cl. The Labute approximate surface area is 134 Å². The van der Waals surface area contributed by atoms with E-state index < -0.39 is 5.60 Å². The van der Waals surface area contributed by atoms with E-state index >= 15 is 0 Å². The zero-order valence-electron chi connectivity index (χ0n) is 13.2. The van der Waals surface area contributed by atoms with Crippen LogP contribution in [0.15, 0.2) is 42.0 Å². The van der Waals surface area contributed by atoms with Gasteiger partial charge in [0.1, 0.15) is 0 Å². The predicted octanol–water partition coefficient (Wildman–Crippen LogP) is 3.06. The van der Waals surface area contributed by atoms with Gasteiger partial charge in [0.15, 0.2) is 0 Å².